The van der Waals surface area contributed by atoms with Crippen molar-refractivity contribution in [2.45, 2.75) is 25.9 Å². The van der Waals surface area contributed by atoms with Gasteiger partial charge in [-0.1, -0.05) is 0 Å². The fourth-order valence-corrected chi connectivity index (χ4v) is 4.20. The Bertz CT molecular complexity index is 1120. The number of benzene rings is 1. The van der Waals surface area contributed by atoms with Crippen LogP contribution in [0.5, 0.6) is 5.75 Å². The van der Waals surface area contributed by atoms with E-state index >= 15 is 0 Å². The van der Waals surface area contributed by atoms with Gasteiger partial charge < -0.3 is 19.8 Å². The van der Waals surface area contributed by atoms with Gasteiger partial charge in [0.15, 0.2) is 12.2 Å². The summed E-state index contributed by atoms with van der Waals surface area (Å²) in [5, 5.41) is 12.3. The van der Waals surface area contributed by atoms with Crippen LogP contribution in [0, 0.1) is 0 Å². The van der Waals surface area contributed by atoms with Gasteiger partial charge in [-0.05, 0) is 26.0 Å². The quantitative estimate of drug-likeness (QED) is 0.415. The van der Waals surface area contributed by atoms with Crippen LogP contribution in [0.3, 0.4) is 0 Å². The molecular formula is C24H31N7O4. The number of carbonyl (C=O) groups excluding carboxylic acids is 2. The van der Waals surface area contributed by atoms with Crippen LogP contribution in [-0.2, 0) is 16.1 Å². The Labute approximate surface area is 203 Å². The minimum absolute atomic E-state index is 0.441. The van der Waals surface area contributed by atoms with E-state index in [1.54, 1.807) is 24.4 Å². The highest BCUT2D eigenvalue weighted by molar-refractivity contribution is 6.39. The van der Waals surface area contributed by atoms with E-state index in [1.165, 1.54) is 19.1 Å². The molecule has 3 heterocycles. The smallest absolute Gasteiger partial charge is 0.313 e. The second kappa shape index (κ2) is 10.7. The summed E-state index contributed by atoms with van der Waals surface area (Å²) in [6, 6.07) is 5.06. The molecule has 1 aliphatic heterocycles. The number of ether oxygens (including phenoxy) is 1. The lowest BCUT2D eigenvalue weighted by atomic mass is 10.0. The Morgan fingerprint density at radius 2 is 1.91 bits per heavy atom. The van der Waals surface area contributed by atoms with Gasteiger partial charge in [0.1, 0.15) is 5.75 Å². The summed E-state index contributed by atoms with van der Waals surface area (Å²) in [5.41, 5.74) is 1.73. The summed E-state index contributed by atoms with van der Waals surface area (Å²) in [7, 11) is 1.52. The van der Waals surface area contributed by atoms with Crippen molar-refractivity contribution in [3.05, 3.63) is 48.7 Å². The number of hydrogen-bond donors (Lipinski definition) is 3. The van der Waals surface area contributed by atoms with Gasteiger partial charge in [0.05, 0.1) is 25.1 Å². The van der Waals surface area contributed by atoms with E-state index < -0.39 is 17.4 Å². The molecule has 1 aromatic carbocycles. The molecular weight excluding hydrogens is 450 g/mol. The van der Waals surface area contributed by atoms with Crippen molar-refractivity contribution >= 4 is 17.5 Å². The summed E-state index contributed by atoms with van der Waals surface area (Å²) in [6.07, 6.45) is 6.66. The fourth-order valence-electron chi connectivity index (χ4n) is 4.20. The highest BCUT2D eigenvalue weighted by Gasteiger charge is 2.29. The lowest BCUT2D eigenvalue weighted by Gasteiger charge is -2.39. The van der Waals surface area contributed by atoms with Gasteiger partial charge in [0.2, 0.25) is 0 Å². The summed E-state index contributed by atoms with van der Waals surface area (Å²) >= 11 is 0. The molecule has 3 aromatic rings. The first-order valence-electron chi connectivity index (χ1n) is 11.5. The number of hydrogen-bond acceptors (Lipinski definition) is 8. The van der Waals surface area contributed by atoms with Crippen molar-refractivity contribution in [3.63, 3.8) is 0 Å². The van der Waals surface area contributed by atoms with Gasteiger partial charge in [-0.15, -0.1) is 0 Å². The Morgan fingerprint density at radius 1 is 1.14 bits per heavy atom. The molecule has 0 saturated carbocycles. The summed E-state index contributed by atoms with van der Waals surface area (Å²) in [5.74, 6) is -0.391. The van der Waals surface area contributed by atoms with Gasteiger partial charge in [0.25, 0.3) is 0 Å². The zero-order valence-corrected chi connectivity index (χ0v) is 20.2. The Hall–Kier alpha value is -3.70. The van der Waals surface area contributed by atoms with Crippen molar-refractivity contribution in [2.24, 2.45) is 0 Å². The van der Waals surface area contributed by atoms with Gasteiger partial charge in [-0.3, -0.25) is 24.5 Å². The average molecular weight is 482 g/mol. The number of methoxy groups -OCH3 is 1. The van der Waals surface area contributed by atoms with Crippen molar-refractivity contribution in [1.29, 1.82) is 0 Å². The summed E-state index contributed by atoms with van der Waals surface area (Å²) in [4.78, 5) is 33.8. The van der Waals surface area contributed by atoms with E-state index in [9.17, 15) is 9.59 Å². The van der Waals surface area contributed by atoms with Crippen molar-refractivity contribution in [1.82, 2.24) is 30.3 Å². The molecule has 1 aliphatic rings. The lowest BCUT2D eigenvalue weighted by Crippen LogP contribution is -2.57. The molecule has 11 nitrogen and oxygen atoms in total. The van der Waals surface area contributed by atoms with E-state index in [0.29, 0.717) is 29.3 Å². The topological polar surface area (TPSA) is 129 Å². The van der Waals surface area contributed by atoms with Gasteiger partial charge >= 0.3 is 11.8 Å². The first-order valence-corrected chi connectivity index (χ1v) is 11.5. The number of nitrogens with one attached hydrogen (secondary N) is 3. The molecule has 1 saturated heterocycles. The lowest BCUT2D eigenvalue weighted by molar-refractivity contribution is -0.137. The van der Waals surface area contributed by atoms with Crippen LogP contribution in [0.25, 0.3) is 11.3 Å². The maximum absolute atomic E-state index is 12.6. The Balaban J connectivity index is 1.27. The number of amides is 2. The van der Waals surface area contributed by atoms with E-state index in [1.807, 2.05) is 26.2 Å². The fraction of sp³-hybridized carbons (Fsp3) is 0.417. The molecule has 0 aliphatic carbocycles. The monoisotopic (exact) mass is 481 g/mol. The number of nitrogens with zero attached hydrogens (tertiary/aromatic N) is 4. The molecule has 11 heteroatoms. The minimum Gasteiger partial charge on any atom is -0.496 e. The van der Waals surface area contributed by atoms with Gasteiger partial charge in [-0.25, -0.2) is 4.98 Å². The highest BCUT2D eigenvalue weighted by atomic mass is 16.5. The third-order valence-corrected chi connectivity index (χ3v) is 5.86. The van der Waals surface area contributed by atoms with Crippen LogP contribution < -0.4 is 15.4 Å². The number of aromatic amines is 1. The normalized spacial score (nSPS) is 15.1. The van der Waals surface area contributed by atoms with Crippen LogP contribution in [0.15, 0.2) is 47.6 Å². The number of oxazole rings is 1. The molecule has 4 rings (SSSR count). The minimum atomic E-state index is -0.738. The molecule has 0 atom stereocenters. The van der Waals surface area contributed by atoms with Crippen molar-refractivity contribution in [3.8, 4) is 17.1 Å². The van der Waals surface area contributed by atoms with E-state index in [0.717, 1.165) is 32.7 Å². The van der Waals surface area contributed by atoms with Crippen LogP contribution in [-0.4, -0.2) is 82.2 Å². The van der Waals surface area contributed by atoms with Crippen LogP contribution in [0.1, 0.15) is 19.4 Å². The zero-order valence-electron chi connectivity index (χ0n) is 20.2. The van der Waals surface area contributed by atoms with E-state index in [2.05, 4.69) is 35.6 Å². The largest absolute Gasteiger partial charge is 0.496 e. The molecule has 186 valence electrons. The second-order valence-corrected chi connectivity index (χ2v) is 9.23. The third kappa shape index (κ3) is 6.46. The third-order valence-electron chi connectivity index (χ3n) is 5.86. The number of anilines is 1. The zero-order chi connectivity index (χ0) is 24.8. The SMILES string of the molecule is COc1cc(NC(=O)C(=O)NC(C)(C)CN2CCN(Cc3cn[nH]c3)CC2)ccc1-c1cnco1. The maximum Gasteiger partial charge on any atom is 0.313 e. The molecule has 35 heavy (non-hydrogen) atoms. The molecule has 0 bridgehead atoms. The predicted octanol–water partition coefficient (Wildman–Crippen LogP) is 1.72. The number of carbonyl (C=O) groups is 2. The predicted molar refractivity (Wildman–Crippen MR) is 130 cm³/mol. The van der Waals surface area contributed by atoms with Crippen molar-refractivity contribution in [2.75, 3.05) is 45.2 Å². The van der Waals surface area contributed by atoms with E-state index in [-0.39, 0.29) is 0 Å². The molecule has 0 unspecified atom stereocenters. The molecule has 3 N–H and O–H groups in total. The summed E-state index contributed by atoms with van der Waals surface area (Å²) < 4.78 is 10.7. The second-order valence-electron chi connectivity index (χ2n) is 9.23. The molecule has 0 radical (unpaired) electrons. The molecule has 2 amide bonds. The highest BCUT2D eigenvalue weighted by Crippen LogP contribution is 2.32. The van der Waals surface area contributed by atoms with Crippen molar-refractivity contribution < 1.29 is 18.7 Å². The number of aromatic nitrogens is 3. The first-order chi connectivity index (χ1) is 16.8. The average Bonchev–Trinajstić information content (AvgIpc) is 3.54. The standard InChI is InChI=1S/C24H31N7O4/c1-24(2,15-31-8-6-30(7-9-31)14-17-11-26-27-12-17)29-23(33)22(32)28-18-4-5-19(20(10-18)34-3)21-13-25-16-35-21/h4-5,10-13,16H,6-9,14-15H2,1-3H3,(H,26,27)(H,28,32)(H,29,33). The number of rotatable bonds is 8. The molecule has 1 fully saturated rings. The van der Waals surface area contributed by atoms with Crippen LogP contribution in [0.4, 0.5) is 5.69 Å². The van der Waals surface area contributed by atoms with Crippen LogP contribution >= 0.6 is 0 Å². The van der Waals surface area contributed by atoms with E-state index in [4.69, 9.17) is 9.15 Å². The molecule has 2 aromatic heterocycles. The number of H-pyrrole nitrogens is 1. The van der Waals surface area contributed by atoms with Crippen LogP contribution in [0.2, 0.25) is 0 Å². The summed E-state index contributed by atoms with van der Waals surface area (Å²) in [6.45, 7) is 9.00. The Kier molecular flexibility index (Phi) is 7.47. The van der Waals surface area contributed by atoms with Gasteiger partial charge in [-0.2, -0.15) is 5.10 Å². The Morgan fingerprint density at radius 3 is 2.57 bits per heavy atom. The number of piperazine rings is 1. The molecule has 0 spiro atoms. The maximum atomic E-state index is 12.6. The van der Waals surface area contributed by atoms with Gasteiger partial charge in [0, 0.05) is 68.3 Å². The first kappa shape index (κ1) is 24.4.